The standard InChI is InChI=1S/C21H21N3O4S/c1-15-6-8-17(9-7-15)29(26,27)14-19-22-20(28-23-19)10-11-21(25)24-13-12-16-4-2-3-5-18(16)24/h2-9H,10-14H2,1H3. The molecule has 4 rings (SSSR count). The van der Waals surface area contributed by atoms with Crippen molar-refractivity contribution in [1.29, 1.82) is 0 Å². The van der Waals surface area contributed by atoms with E-state index in [1.165, 1.54) is 5.56 Å². The summed E-state index contributed by atoms with van der Waals surface area (Å²) in [5, 5.41) is 3.77. The van der Waals surface area contributed by atoms with Crippen molar-refractivity contribution in [3.63, 3.8) is 0 Å². The minimum Gasteiger partial charge on any atom is -0.339 e. The molecule has 0 saturated carbocycles. The van der Waals surface area contributed by atoms with Crippen LogP contribution in [-0.4, -0.2) is 31.0 Å². The Bertz CT molecular complexity index is 1140. The van der Waals surface area contributed by atoms with Crippen LogP contribution < -0.4 is 4.90 Å². The largest absolute Gasteiger partial charge is 0.339 e. The highest BCUT2D eigenvalue weighted by Gasteiger charge is 2.25. The van der Waals surface area contributed by atoms with Gasteiger partial charge in [0.05, 0.1) is 4.90 Å². The molecule has 1 aromatic heterocycles. The second-order valence-corrected chi connectivity index (χ2v) is 9.09. The number of carbonyl (C=O) groups excluding carboxylic acids is 1. The molecule has 0 radical (unpaired) electrons. The third-order valence-corrected chi connectivity index (χ3v) is 6.58. The number of hydrogen-bond donors (Lipinski definition) is 0. The first-order chi connectivity index (χ1) is 13.9. The fourth-order valence-corrected chi connectivity index (χ4v) is 4.57. The third kappa shape index (κ3) is 4.22. The Hall–Kier alpha value is -3.00. The Balaban J connectivity index is 1.37. The van der Waals surface area contributed by atoms with Gasteiger partial charge in [0.15, 0.2) is 15.7 Å². The first kappa shape index (κ1) is 19.3. The average molecular weight is 411 g/mol. The molecule has 0 aliphatic carbocycles. The van der Waals surface area contributed by atoms with Crippen molar-refractivity contribution < 1.29 is 17.7 Å². The van der Waals surface area contributed by atoms with Gasteiger partial charge in [-0.25, -0.2) is 8.42 Å². The van der Waals surface area contributed by atoms with Gasteiger partial charge in [0.25, 0.3) is 0 Å². The van der Waals surface area contributed by atoms with Crippen molar-refractivity contribution >= 4 is 21.4 Å². The zero-order chi connectivity index (χ0) is 20.4. The van der Waals surface area contributed by atoms with Gasteiger partial charge in [0.1, 0.15) is 5.75 Å². The van der Waals surface area contributed by atoms with Crippen molar-refractivity contribution in [1.82, 2.24) is 10.1 Å². The van der Waals surface area contributed by atoms with Crippen molar-refractivity contribution in [2.75, 3.05) is 11.4 Å². The first-order valence-corrected chi connectivity index (χ1v) is 11.1. The van der Waals surface area contributed by atoms with E-state index in [2.05, 4.69) is 10.1 Å². The van der Waals surface area contributed by atoms with E-state index >= 15 is 0 Å². The molecular formula is C21H21N3O4S. The van der Waals surface area contributed by atoms with Crippen LogP contribution in [0.3, 0.4) is 0 Å². The summed E-state index contributed by atoms with van der Waals surface area (Å²) < 4.78 is 30.1. The molecule has 2 heterocycles. The van der Waals surface area contributed by atoms with Crippen LogP contribution in [0, 0.1) is 6.92 Å². The molecule has 0 unspecified atom stereocenters. The topological polar surface area (TPSA) is 93.4 Å². The second kappa shape index (κ2) is 7.79. The number of rotatable bonds is 6. The maximum atomic E-state index is 12.6. The summed E-state index contributed by atoms with van der Waals surface area (Å²) in [6.07, 6.45) is 1.35. The minimum atomic E-state index is -3.55. The maximum Gasteiger partial charge on any atom is 0.227 e. The maximum absolute atomic E-state index is 12.6. The van der Waals surface area contributed by atoms with Crippen LogP contribution in [0.5, 0.6) is 0 Å². The number of aromatic nitrogens is 2. The summed E-state index contributed by atoms with van der Waals surface area (Å²) in [6, 6.07) is 14.5. The molecule has 150 valence electrons. The minimum absolute atomic E-state index is 0.0121. The monoisotopic (exact) mass is 411 g/mol. The highest BCUT2D eigenvalue weighted by molar-refractivity contribution is 7.90. The molecule has 0 N–H and O–H groups in total. The SMILES string of the molecule is Cc1ccc(S(=O)(=O)Cc2noc(CCC(=O)N3CCc4ccccc43)n2)cc1. The quantitative estimate of drug-likeness (QED) is 0.619. The molecule has 1 aliphatic heterocycles. The predicted molar refractivity (Wildman–Crippen MR) is 107 cm³/mol. The second-order valence-electron chi connectivity index (χ2n) is 7.10. The molecule has 0 spiro atoms. The van der Waals surface area contributed by atoms with Crippen LogP contribution in [0.4, 0.5) is 5.69 Å². The molecule has 0 fully saturated rings. The van der Waals surface area contributed by atoms with Crippen molar-refractivity contribution in [2.24, 2.45) is 0 Å². The molecule has 0 atom stereocenters. The number of anilines is 1. The van der Waals surface area contributed by atoms with E-state index in [0.29, 0.717) is 6.54 Å². The van der Waals surface area contributed by atoms with E-state index in [0.717, 1.165) is 17.7 Å². The number of hydrogen-bond acceptors (Lipinski definition) is 6. The number of benzene rings is 2. The normalized spacial score (nSPS) is 13.5. The van der Waals surface area contributed by atoms with E-state index in [9.17, 15) is 13.2 Å². The number of amides is 1. The lowest BCUT2D eigenvalue weighted by atomic mass is 10.2. The van der Waals surface area contributed by atoms with E-state index in [1.807, 2.05) is 31.2 Å². The fraction of sp³-hybridized carbons (Fsp3) is 0.286. The lowest BCUT2D eigenvalue weighted by Crippen LogP contribution is -2.29. The van der Waals surface area contributed by atoms with Gasteiger partial charge < -0.3 is 9.42 Å². The molecule has 29 heavy (non-hydrogen) atoms. The number of sulfone groups is 1. The Morgan fingerprint density at radius 2 is 1.90 bits per heavy atom. The van der Waals surface area contributed by atoms with Crippen molar-refractivity contribution in [3.05, 3.63) is 71.4 Å². The Kier molecular flexibility index (Phi) is 5.19. The molecular weight excluding hydrogens is 390 g/mol. The van der Waals surface area contributed by atoms with Gasteiger partial charge in [-0.2, -0.15) is 4.98 Å². The number of nitrogens with zero attached hydrogens (tertiary/aromatic N) is 3. The van der Waals surface area contributed by atoms with Gasteiger partial charge in [0, 0.05) is 25.1 Å². The van der Waals surface area contributed by atoms with Crippen molar-refractivity contribution in [3.8, 4) is 0 Å². The molecule has 1 aliphatic rings. The third-order valence-electron chi connectivity index (χ3n) is 4.95. The van der Waals surface area contributed by atoms with Gasteiger partial charge in [-0.15, -0.1) is 0 Å². The van der Waals surface area contributed by atoms with Gasteiger partial charge in [-0.1, -0.05) is 41.1 Å². The van der Waals surface area contributed by atoms with Crippen LogP contribution in [-0.2, 0) is 33.2 Å². The van der Waals surface area contributed by atoms with E-state index in [1.54, 1.807) is 29.2 Å². The Morgan fingerprint density at radius 3 is 2.69 bits per heavy atom. The zero-order valence-electron chi connectivity index (χ0n) is 16.0. The summed E-state index contributed by atoms with van der Waals surface area (Å²) in [7, 11) is -3.55. The van der Waals surface area contributed by atoms with Gasteiger partial charge in [-0.3, -0.25) is 4.79 Å². The molecule has 2 aromatic carbocycles. The smallest absolute Gasteiger partial charge is 0.227 e. The Labute approximate surface area is 169 Å². The van der Waals surface area contributed by atoms with Crippen LogP contribution in [0.1, 0.15) is 29.3 Å². The molecule has 1 amide bonds. The summed E-state index contributed by atoms with van der Waals surface area (Å²) in [4.78, 5) is 18.7. The zero-order valence-corrected chi connectivity index (χ0v) is 16.9. The molecule has 7 nitrogen and oxygen atoms in total. The molecule has 0 bridgehead atoms. The summed E-state index contributed by atoms with van der Waals surface area (Å²) in [5.41, 5.74) is 3.10. The van der Waals surface area contributed by atoms with E-state index in [4.69, 9.17) is 4.52 Å². The van der Waals surface area contributed by atoms with E-state index < -0.39 is 9.84 Å². The average Bonchev–Trinajstić information content (AvgIpc) is 3.33. The van der Waals surface area contributed by atoms with E-state index in [-0.39, 0.29) is 41.1 Å². The number of aryl methyl sites for hydroxylation is 2. The summed E-state index contributed by atoms with van der Waals surface area (Å²) in [5.74, 6) is 0.00830. The summed E-state index contributed by atoms with van der Waals surface area (Å²) >= 11 is 0. The van der Waals surface area contributed by atoms with Crippen LogP contribution in [0.15, 0.2) is 57.9 Å². The number of carbonyl (C=O) groups is 1. The number of fused-ring (bicyclic) bond motifs is 1. The predicted octanol–water partition coefficient (Wildman–Crippen LogP) is 2.87. The van der Waals surface area contributed by atoms with Crippen LogP contribution >= 0.6 is 0 Å². The fourth-order valence-electron chi connectivity index (χ4n) is 3.40. The molecule has 0 saturated heterocycles. The first-order valence-electron chi connectivity index (χ1n) is 9.41. The van der Waals surface area contributed by atoms with Crippen LogP contribution in [0.25, 0.3) is 0 Å². The highest BCUT2D eigenvalue weighted by Crippen LogP contribution is 2.28. The molecule has 8 heteroatoms. The number of para-hydroxylation sites is 1. The molecule has 3 aromatic rings. The van der Waals surface area contributed by atoms with Crippen molar-refractivity contribution in [2.45, 2.75) is 36.8 Å². The van der Waals surface area contributed by atoms with Crippen LogP contribution in [0.2, 0.25) is 0 Å². The Morgan fingerprint density at radius 1 is 1.14 bits per heavy atom. The van der Waals surface area contributed by atoms with Gasteiger partial charge in [0.2, 0.25) is 11.8 Å². The lowest BCUT2D eigenvalue weighted by molar-refractivity contribution is -0.118. The summed E-state index contributed by atoms with van der Waals surface area (Å²) in [6.45, 7) is 2.56. The van der Waals surface area contributed by atoms with Gasteiger partial charge in [-0.05, 0) is 37.1 Å². The van der Waals surface area contributed by atoms with Gasteiger partial charge >= 0.3 is 0 Å². The lowest BCUT2D eigenvalue weighted by Gasteiger charge is -2.16. The highest BCUT2D eigenvalue weighted by atomic mass is 32.2.